The highest BCUT2D eigenvalue weighted by Crippen LogP contribution is 2.23. The zero-order valence-corrected chi connectivity index (χ0v) is 14.9. The Morgan fingerprint density at radius 1 is 1.33 bits per heavy atom. The number of aryl methyl sites for hydroxylation is 1. The summed E-state index contributed by atoms with van der Waals surface area (Å²) in [5.41, 5.74) is 2.68. The molecule has 2 aromatic rings. The molecule has 3 rings (SSSR count). The first-order valence-electron chi connectivity index (χ1n) is 8.25. The lowest BCUT2D eigenvalue weighted by Gasteiger charge is -2.13. The number of rotatable bonds is 6. The second kappa shape index (κ2) is 6.98. The number of sulfonamides is 1. The molecular weight excluding hydrogens is 326 g/mol. The van der Waals surface area contributed by atoms with Crippen LogP contribution < -0.4 is 0 Å². The molecule has 1 aliphatic rings. The van der Waals surface area contributed by atoms with Gasteiger partial charge in [0.2, 0.25) is 10.0 Å². The molecule has 3 heterocycles. The molecule has 0 bridgehead atoms. The summed E-state index contributed by atoms with van der Waals surface area (Å²) in [6, 6.07) is 1.95. The van der Waals surface area contributed by atoms with Crippen molar-refractivity contribution in [3.8, 4) is 11.4 Å². The first-order chi connectivity index (χ1) is 11.5. The number of aromatic nitrogens is 4. The smallest absolute Gasteiger partial charge is 0.211 e. The predicted octanol–water partition coefficient (Wildman–Crippen LogP) is 1.57. The highest BCUT2D eigenvalue weighted by atomic mass is 32.2. The fourth-order valence-corrected chi connectivity index (χ4v) is 4.05. The first kappa shape index (κ1) is 17.0. The van der Waals surface area contributed by atoms with Crippen LogP contribution in [0.15, 0.2) is 24.7 Å². The summed E-state index contributed by atoms with van der Waals surface area (Å²) in [5, 5.41) is 4.33. The van der Waals surface area contributed by atoms with Crippen LogP contribution in [0.4, 0.5) is 0 Å². The monoisotopic (exact) mass is 349 g/mol. The van der Waals surface area contributed by atoms with Crippen molar-refractivity contribution in [2.45, 2.75) is 32.7 Å². The Morgan fingerprint density at radius 2 is 2.17 bits per heavy atom. The van der Waals surface area contributed by atoms with E-state index in [4.69, 9.17) is 4.98 Å². The van der Waals surface area contributed by atoms with E-state index in [1.54, 1.807) is 22.9 Å². The predicted molar refractivity (Wildman–Crippen MR) is 91.8 cm³/mol. The minimum atomic E-state index is -3.10. The van der Waals surface area contributed by atoms with Gasteiger partial charge in [0, 0.05) is 32.0 Å². The van der Waals surface area contributed by atoms with Crippen LogP contribution in [0.3, 0.4) is 0 Å². The van der Waals surface area contributed by atoms with Gasteiger partial charge in [0.1, 0.15) is 5.69 Å². The van der Waals surface area contributed by atoms with Crippen LogP contribution in [0.5, 0.6) is 0 Å². The van der Waals surface area contributed by atoms with Crippen molar-refractivity contribution in [2.24, 2.45) is 5.92 Å². The molecule has 24 heavy (non-hydrogen) atoms. The van der Waals surface area contributed by atoms with Crippen LogP contribution in [0.2, 0.25) is 0 Å². The molecule has 1 saturated heterocycles. The lowest BCUT2D eigenvalue weighted by molar-refractivity contribution is 0.459. The molecule has 0 aromatic carbocycles. The topological polar surface area (TPSA) is 81.0 Å². The summed E-state index contributed by atoms with van der Waals surface area (Å²) in [5.74, 6) is 0.296. The molecule has 8 heteroatoms. The summed E-state index contributed by atoms with van der Waals surface area (Å²) in [6.45, 7) is 4.12. The molecule has 0 saturated carbocycles. The average molecular weight is 349 g/mol. The second-order valence-electron chi connectivity index (χ2n) is 6.32. The van der Waals surface area contributed by atoms with E-state index in [0.29, 0.717) is 19.0 Å². The summed E-state index contributed by atoms with van der Waals surface area (Å²) in [6.07, 6.45) is 9.19. The van der Waals surface area contributed by atoms with E-state index in [2.05, 4.69) is 17.0 Å². The van der Waals surface area contributed by atoms with Gasteiger partial charge in [-0.2, -0.15) is 5.10 Å². The zero-order valence-electron chi connectivity index (χ0n) is 14.1. The SMILES string of the molecule is CCCn1nccc1-c1cncc(CC2CCN(S(C)(=O)=O)C2)n1. The van der Waals surface area contributed by atoms with Gasteiger partial charge in [-0.05, 0) is 31.2 Å². The molecule has 0 radical (unpaired) electrons. The lowest BCUT2D eigenvalue weighted by Crippen LogP contribution is -2.27. The maximum Gasteiger partial charge on any atom is 0.211 e. The van der Waals surface area contributed by atoms with Crippen molar-refractivity contribution in [2.75, 3.05) is 19.3 Å². The van der Waals surface area contributed by atoms with Crippen molar-refractivity contribution in [1.82, 2.24) is 24.1 Å². The summed E-state index contributed by atoms with van der Waals surface area (Å²) < 4.78 is 26.7. The van der Waals surface area contributed by atoms with Gasteiger partial charge in [0.25, 0.3) is 0 Å². The molecule has 0 spiro atoms. The number of hydrogen-bond acceptors (Lipinski definition) is 5. The maximum atomic E-state index is 11.6. The van der Waals surface area contributed by atoms with Crippen LogP contribution in [0.25, 0.3) is 11.4 Å². The van der Waals surface area contributed by atoms with Crippen molar-refractivity contribution in [1.29, 1.82) is 0 Å². The summed E-state index contributed by atoms with van der Waals surface area (Å²) >= 11 is 0. The molecule has 130 valence electrons. The van der Waals surface area contributed by atoms with E-state index in [9.17, 15) is 8.42 Å². The third kappa shape index (κ3) is 3.81. The van der Waals surface area contributed by atoms with E-state index in [0.717, 1.165) is 42.9 Å². The van der Waals surface area contributed by atoms with Gasteiger partial charge in [-0.15, -0.1) is 0 Å². The molecule has 1 atom stereocenters. The fraction of sp³-hybridized carbons (Fsp3) is 0.562. The highest BCUT2D eigenvalue weighted by Gasteiger charge is 2.28. The summed E-state index contributed by atoms with van der Waals surface area (Å²) in [4.78, 5) is 9.03. The molecule has 0 aliphatic carbocycles. The minimum Gasteiger partial charge on any atom is -0.263 e. The van der Waals surface area contributed by atoms with Crippen molar-refractivity contribution in [3.63, 3.8) is 0 Å². The highest BCUT2D eigenvalue weighted by molar-refractivity contribution is 7.88. The third-order valence-corrected chi connectivity index (χ3v) is 5.58. The van der Waals surface area contributed by atoms with E-state index >= 15 is 0 Å². The van der Waals surface area contributed by atoms with Crippen LogP contribution in [0.1, 0.15) is 25.5 Å². The van der Waals surface area contributed by atoms with Gasteiger partial charge < -0.3 is 0 Å². The first-order valence-corrected chi connectivity index (χ1v) is 10.1. The van der Waals surface area contributed by atoms with Gasteiger partial charge >= 0.3 is 0 Å². The molecule has 1 aliphatic heterocycles. The van der Waals surface area contributed by atoms with Gasteiger partial charge in [-0.25, -0.2) is 17.7 Å². The molecular formula is C16H23N5O2S. The Balaban J connectivity index is 1.73. The molecule has 1 fully saturated rings. The average Bonchev–Trinajstić information content (AvgIpc) is 3.17. The van der Waals surface area contributed by atoms with Crippen LogP contribution in [0, 0.1) is 5.92 Å². The molecule has 2 aromatic heterocycles. The summed E-state index contributed by atoms with van der Waals surface area (Å²) in [7, 11) is -3.10. The quantitative estimate of drug-likeness (QED) is 0.791. The van der Waals surface area contributed by atoms with E-state index in [1.165, 1.54) is 6.26 Å². The number of nitrogens with zero attached hydrogens (tertiary/aromatic N) is 5. The van der Waals surface area contributed by atoms with Crippen molar-refractivity contribution < 1.29 is 8.42 Å². The van der Waals surface area contributed by atoms with Crippen molar-refractivity contribution >= 4 is 10.0 Å². The third-order valence-electron chi connectivity index (χ3n) is 4.31. The molecule has 1 unspecified atom stereocenters. The van der Waals surface area contributed by atoms with Gasteiger partial charge in [0.15, 0.2) is 0 Å². The Bertz CT molecular complexity index is 802. The van der Waals surface area contributed by atoms with Crippen LogP contribution in [-0.2, 0) is 23.0 Å². The van der Waals surface area contributed by atoms with Gasteiger partial charge in [0.05, 0.1) is 23.8 Å². The van der Waals surface area contributed by atoms with E-state index in [-0.39, 0.29) is 0 Å². The number of hydrogen-bond donors (Lipinski definition) is 0. The van der Waals surface area contributed by atoms with Gasteiger partial charge in [-0.3, -0.25) is 9.67 Å². The minimum absolute atomic E-state index is 0.296. The molecule has 7 nitrogen and oxygen atoms in total. The van der Waals surface area contributed by atoms with Gasteiger partial charge in [-0.1, -0.05) is 6.92 Å². The standard InChI is InChI=1S/C16H23N5O2S/c1-3-7-21-16(4-6-18-21)15-11-17-10-14(19-15)9-13-5-8-20(12-13)24(2,22)23/h4,6,10-11,13H,3,5,7-9,12H2,1-2H3. The van der Waals surface area contributed by atoms with Crippen LogP contribution >= 0.6 is 0 Å². The van der Waals surface area contributed by atoms with Crippen LogP contribution in [-0.4, -0.2) is 51.8 Å². The molecule has 0 amide bonds. The Labute approximate surface area is 142 Å². The zero-order chi connectivity index (χ0) is 17.2. The lowest BCUT2D eigenvalue weighted by atomic mass is 10.0. The largest absolute Gasteiger partial charge is 0.263 e. The Hall–Kier alpha value is -1.80. The van der Waals surface area contributed by atoms with E-state index < -0.39 is 10.0 Å². The fourth-order valence-electron chi connectivity index (χ4n) is 3.13. The molecule has 0 N–H and O–H groups in total. The maximum absolute atomic E-state index is 11.6. The van der Waals surface area contributed by atoms with E-state index in [1.807, 2.05) is 10.7 Å². The normalized spacial score (nSPS) is 19.0. The Kier molecular flexibility index (Phi) is 4.96. The Morgan fingerprint density at radius 3 is 2.88 bits per heavy atom. The van der Waals surface area contributed by atoms with Crippen molar-refractivity contribution in [3.05, 3.63) is 30.4 Å². The second-order valence-corrected chi connectivity index (χ2v) is 8.30.